The van der Waals surface area contributed by atoms with Crippen LogP contribution in [0.3, 0.4) is 0 Å². The third kappa shape index (κ3) is 6.74. The number of carbonyl (C=O) groups is 3. The van der Waals surface area contributed by atoms with Crippen molar-refractivity contribution in [3.05, 3.63) is 98.7 Å². The van der Waals surface area contributed by atoms with E-state index in [1.165, 1.54) is 6.20 Å². The molecule has 1 saturated heterocycles. The molecule has 1 N–H and O–H groups in total. The Bertz CT molecular complexity index is 1640. The fourth-order valence-electron chi connectivity index (χ4n) is 6.05. The Hall–Kier alpha value is -4.61. The lowest BCUT2D eigenvalue weighted by Gasteiger charge is -2.39. The van der Waals surface area contributed by atoms with Gasteiger partial charge >= 0.3 is 5.97 Å². The highest BCUT2D eigenvalue weighted by molar-refractivity contribution is 5.99. The van der Waals surface area contributed by atoms with E-state index in [1.807, 2.05) is 13.0 Å². The molecule has 5 rings (SSSR count). The van der Waals surface area contributed by atoms with Crippen molar-refractivity contribution in [2.24, 2.45) is 5.92 Å². The van der Waals surface area contributed by atoms with Gasteiger partial charge in [-0.15, -0.1) is 0 Å². The number of rotatable bonds is 10. The molecule has 238 valence electrons. The van der Waals surface area contributed by atoms with E-state index in [1.54, 1.807) is 40.7 Å². The summed E-state index contributed by atoms with van der Waals surface area (Å²) in [5.41, 5.74) is -1.12. The van der Waals surface area contributed by atoms with Gasteiger partial charge in [-0.3, -0.25) is 19.2 Å². The normalized spacial score (nSPS) is 19.0. The average Bonchev–Trinajstić information content (AvgIpc) is 3.15. The van der Waals surface area contributed by atoms with Crippen molar-refractivity contribution < 1.29 is 37.0 Å². The summed E-state index contributed by atoms with van der Waals surface area (Å²) in [4.78, 5) is 55.2. The van der Waals surface area contributed by atoms with Crippen LogP contribution in [-0.2, 0) is 22.7 Å². The van der Waals surface area contributed by atoms with Crippen LogP contribution < -0.4 is 15.5 Å². The average molecular weight is 626 g/mol. The number of esters is 1. The van der Waals surface area contributed by atoms with Gasteiger partial charge in [-0.2, -0.15) is 0 Å². The molecule has 1 aromatic heterocycles. The van der Waals surface area contributed by atoms with Gasteiger partial charge in [-0.05, 0) is 44.6 Å². The molecule has 2 bridgehead atoms. The zero-order valence-electron chi connectivity index (χ0n) is 25.0. The maximum absolute atomic E-state index is 14.3. The van der Waals surface area contributed by atoms with E-state index in [0.29, 0.717) is 31.4 Å². The number of nitrogens with one attached hydrogen (secondary N) is 1. The van der Waals surface area contributed by atoms with E-state index in [2.05, 4.69) is 5.32 Å². The molecule has 45 heavy (non-hydrogen) atoms. The molecule has 12 heteroatoms. The van der Waals surface area contributed by atoms with Gasteiger partial charge in [0, 0.05) is 49.4 Å². The molecule has 0 aliphatic carbocycles. The van der Waals surface area contributed by atoms with E-state index in [9.17, 15) is 32.3 Å². The van der Waals surface area contributed by atoms with Crippen LogP contribution in [0.2, 0.25) is 0 Å². The lowest BCUT2D eigenvalue weighted by molar-refractivity contribution is -0.143. The van der Waals surface area contributed by atoms with Crippen molar-refractivity contribution in [2.45, 2.75) is 64.8 Å². The third-order valence-electron chi connectivity index (χ3n) is 8.45. The summed E-state index contributed by atoms with van der Waals surface area (Å²) in [5.74, 6) is -5.64. The maximum Gasteiger partial charge on any atom is 0.305 e. The smallest absolute Gasteiger partial charge is 0.305 e. The molecule has 0 spiro atoms. The largest absolute Gasteiger partial charge is 0.483 e. The summed E-state index contributed by atoms with van der Waals surface area (Å²) < 4.78 is 54.7. The van der Waals surface area contributed by atoms with Crippen LogP contribution in [0.4, 0.5) is 13.2 Å². The van der Waals surface area contributed by atoms with E-state index >= 15 is 0 Å². The molecule has 2 aliphatic heterocycles. The molecular weight excluding hydrogens is 591 g/mol. The van der Waals surface area contributed by atoms with Gasteiger partial charge in [0.2, 0.25) is 5.43 Å². The molecule has 2 aliphatic rings. The van der Waals surface area contributed by atoms with Crippen molar-refractivity contribution in [3.8, 4) is 5.75 Å². The Morgan fingerprint density at radius 1 is 1.04 bits per heavy atom. The first-order chi connectivity index (χ1) is 21.6. The predicted molar refractivity (Wildman–Crippen MR) is 157 cm³/mol. The molecule has 3 atom stereocenters. The number of hydrogen-bond acceptors (Lipinski definition) is 6. The second kappa shape index (κ2) is 13.6. The van der Waals surface area contributed by atoms with Crippen molar-refractivity contribution in [1.29, 1.82) is 0 Å². The predicted octanol–water partition coefficient (Wildman–Crippen LogP) is 4.91. The standard InChI is InChI=1S/C33H34F3N3O6/c1-3-44-28(40)12-11-21-10-9-19(2)38-17-27(21)39-16-24(32(42)37-15-23-25(35)13-22(34)14-26(23)36)30(41)31(29(39)33(38)43)45-18-20-7-5-4-6-8-20/h4-8,13-14,16,19,21,27H,3,9-12,15,17-18H2,1-2H3,(H,37,42)/t19-,21+,27+/m0/s1. The van der Waals surface area contributed by atoms with Gasteiger partial charge in [-0.25, -0.2) is 13.2 Å². The van der Waals surface area contributed by atoms with Crippen LogP contribution in [0.25, 0.3) is 0 Å². The number of hydrogen-bond donors (Lipinski definition) is 1. The number of aromatic nitrogens is 1. The monoisotopic (exact) mass is 625 g/mol. The Morgan fingerprint density at radius 2 is 1.76 bits per heavy atom. The van der Waals surface area contributed by atoms with Crippen LogP contribution in [0.5, 0.6) is 5.75 Å². The Kier molecular flexibility index (Phi) is 9.60. The summed E-state index contributed by atoms with van der Waals surface area (Å²) in [7, 11) is 0. The van der Waals surface area contributed by atoms with E-state index < -0.39 is 58.4 Å². The summed E-state index contributed by atoms with van der Waals surface area (Å²) in [6.07, 6.45) is 3.23. The van der Waals surface area contributed by atoms with Crippen molar-refractivity contribution >= 4 is 17.8 Å². The second-order valence-corrected chi connectivity index (χ2v) is 11.3. The lowest BCUT2D eigenvalue weighted by Crippen LogP contribution is -2.48. The topological polar surface area (TPSA) is 107 Å². The van der Waals surface area contributed by atoms with Crippen LogP contribution >= 0.6 is 0 Å². The van der Waals surface area contributed by atoms with E-state index in [-0.39, 0.29) is 55.6 Å². The molecule has 3 heterocycles. The maximum atomic E-state index is 14.3. The summed E-state index contributed by atoms with van der Waals surface area (Å²) in [6.45, 7) is 3.46. The molecule has 0 radical (unpaired) electrons. The number of amides is 2. The molecule has 0 saturated carbocycles. The Morgan fingerprint density at radius 3 is 2.44 bits per heavy atom. The molecule has 9 nitrogen and oxygen atoms in total. The minimum absolute atomic E-state index is 0.00533. The highest BCUT2D eigenvalue weighted by atomic mass is 19.1. The Labute approximate surface area is 257 Å². The summed E-state index contributed by atoms with van der Waals surface area (Å²) >= 11 is 0. The van der Waals surface area contributed by atoms with Gasteiger partial charge in [-0.1, -0.05) is 30.3 Å². The highest BCUT2D eigenvalue weighted by Gasteiger charge is 2.43. The number of halogens is 3. The Balaban J connectivity index is 1.56. The van der Waals surface area contributed by atoms with E-state index in [4.69, 9.17) is 9.47 Å². The van der Waals surface area contributed by atoms with Gasteiger partial charge in [0.05, 0.1) is 12.6 Å². The molecule has 0 unspecified atom stereocenters. The number of benzene rings is 2. The van der Waals surface area contributed by atoms with Crippen LogP contribution in [-0.4, -0.2) is 46.4 Å². The van der Waals surface area contributed by atoms with Crippen molar-refractivity contribution in [2.75, 3.05) is 13.2 Å². The van der Waals surface area contributed by atoms with Gasteiger partial charge in [0.15, 0.2) is 11.4 Å². The second-order valence-electron chi connectivity index (χ2n) is 11.3. The lowest BCUT2D eigenvalue weighted by atomic mass is 9.89. The summed E-state index contributed by atoms with van der Waals surface area (Å²) in [5, 5.41) is 2.35. The van der Waals surface area contributed by atoms with Gasteiger partial charge in [0.25, 0.3) is 11.8 Å². The van der Waals surface area contributed by atoms with Crippen molar-refractivity contribution in [3.63, 3.8) is 0 Å². The number of nitrogens with zero attached hydrogens (tertiary/aromatic N) is 2. The number of carbonyl (C=O) groups excluding carboxylic acids is 3. The van der Waals surface area contributed by atoms with Crippen LogP contribution in [0.1, 0.15) is 77.5 Å². The third-order valence-corrected chi connectivity index (χ3v) is 8.45. The fraction of sp³-hybridized carbons (Fsp3) is 0.394. The van der Waals surface area contributed by atoms with Crippen molar-refractivity contribution in [1.82, 2.24) is 14.8 Å². The van der Waals surface area contributed by atoms with Gasteiger partial charge < -0.3 is 24.3 Å². The van der Waals surface area contributed by atoms with E-state index in [0.717, 1.165) is 5.56 Å². The SMILES string of the molecule is CCOC(=O)CC[C@H]1CC[C@H](C)N2C[C@H]1n1cc(C(=O)NCc3c(F)cc(F)cc3F)c(=O)c(OCc3ccccc3)c1C2=O. The number of pyridine rings is 1. The van der Waals surface area contributed by atoms with Crippen LogP contribution in [0.15, 0.2) is 53.5 Å². The van der Waals surface area contributed by atoms with Crippen LogP contribution in [0, 0.1) is 23.4 Å². The quantitative estimate of drug-likeness (QED) is 0.321. The highest BCUT2D eigenvalue weighted by Crippen LogP contribution is 2.40. The zero-order chi connectivity index (χ0) is 32.2. The molecule has 2 amide bonds. The minimum Gasteiger partial charge on any atom is -0.483 e. The first kappa shape index (κ1) is 31.8. The zero-order valence-corrected chi connectivity index (χ0v) is 25.0. The minimum atomic E-state index is -1.19. The molecule has 2 aromatic carbocycles. The number of ether oxygens (including phenoxy) is 2. The van der Waals surface area contributed by atoms with Gasteiger partial charge in [0.1, 0.15) is 29.6 Å². The fourth-order valence-corrected chi connectivity index (χ4v) is 6.05. The first-order valence-electron chi connectivity index (χ1n) is 14.9. The molecule has 1 fully saturated rings. The molecule has 3 aromatic rings. The summed E-state index contributed by atoms with van der Waals surface area (Å²) in [6, 6.07) is 9.40. The number of fused-ring (bicyclic) bond motifs is 4. The first-order valence-corrected chi connectivity index (χ1v) is 14.9. The molecular formula is C33H34F3N3O6.